The average molecular weight is 277 g/mol. The Balaban J connectivity index is 2.29. The molecule has 2 rings (SSSR count). The number of aromatic nitrogens is 1. The molecule has 1 aliphatic rings. The van der Waals surface area contributed by atoms with Crippen molar-refractivity contribution < 1.29 is 4.74 Å². The first-order valence-electron chi connectivity index (χ1n) is 7.45. The first-order valence-corrected chi connectivity index (χ1v) is 7.45. The number of hydrogen-bond donors (Lipinski definition) is 1. The van der Waals surface area contributed by atoms with Gasteiger partial charge in [-0.25, -0.2) is 4.98 Å². The third-order valence-electron chi connectivity index (χ3n) is 3.61. The second kappa shape index (κ2) is 6.10. The van der Waals surface area contributed by atoms with Crippen molar-refractivity contribution >= 4 is 5.82 Å². The lowest BCUT2D eigenvalue weighted by Gasteiger charge is -2.39. The molecule has 20 heavy (non-hydrogen) atoms. The van der Waals surface area contributed by atoms with Gasteiger partial charge in [0, 0.05) is 25.3 Å². The molecule has 1 aliphatic heterocycles. The lowest BCUT2D eigenvalue weighted by molar-refractivity contribution is -0.0279. The van der Waals surface area contributed by atoms with E-state index < -0.39 is 0 Å². The second-order valence-electron chi connectivity index (χ2n) is 6.47. The number of hydrogen-bond acceptors (Lipinski definition) is 4. The summed E-state index contributed by atoms with van der Waals surface area (Å²) in [6, 6.07) is 4.40. The zero-order chi connectivity index (χ0) is 14.8. The van der Waals surface area contributed by atoms with Crippen molar-refractivity contribution in [1.29, 1.82) is 0 Å². The van der Waals surface area contributed by atoms with Crippen LogP contribution < -0.4 is 10.2 Å². The van der Waals surface area contributed by atoms with Crippen molar-refractivity contribution in [1.82, 2.24) is 10.3 Å². The van der Waals surface area contributed by atoms with Gasteiger partial charge in [0.2, 0.25) is 0 Å². The van der Waals surface area contributed by atoms with E-state index in [1.165, 1.54) is 5.56 Å². The van der Waals surface area contributed by atoms with Crippen LogP contribution in [0.15, 0.2) is 12.1 Å². The van der Waals surface area contributed by atoms with Gasteiger partial charge in [-0.1, -0.05) is 13.8 Å². The molecule has 1 fully saturated rings. The molecule has 0 aliphatic carbocycles. The third-order valence-corrected chi connectivity index (χ3v) is 3.61. The van der Waals surface area contributed by atoms with Gasteiger partial charge in [-0.3, -0.25) is 0 Å². The van der Waals surface area contributed by atoms with Gasteiger partial charge in [0.05, 0.1) is 12.2 Å². The van der Waals surface area contributed by atoms with Crippen molar-refractivity contribution in [2.45, 2.75) is 45.8 Å². The van der Waals surface area contributed by atoms with E-state index in [4.69, 9.17) is 9.72 Å². The predicted octanol–water partition coefficient (Wildman–Crippen LogP) is 2.54. The molecular formula is C16H27N3O. The minimum atomic E-state index is -0.100. The van der Waals surface area contributed by atoms with E-state index in [0.29, 0.717) is 5.92 Å². The minimum Gasteiger partial charge on any atom is -0.372 e. The number of morpholine rings is 1. The summed E-state index contributed by atoms with van der Waals surface area (Å²) in [6.45, 7) is 12.1. The van der Waals surface area contributed by atoms with Crippen LogP contribution in [0.25, 0.3) is 0 Å². The Morgan fingerprint density at radius 1 is 1.40 bits per heavy atom. The van der Waals surface area contributed by atoms with Gasteiger partial charge in [-0.15, -0.1) is 0 Å². The first kappa shape index (κ1) is 15.3. The summed E-state index contributed by atoms with van der Waals surface area (Å²) in [7, 11) is 1.98. The van der Waals surface area contributed by atoms with Crippen LogP contribution in [0, 0.1) is 0 Å². The number of pyridine rings is 1. The number of nitrogens with one attached hydrogen (secondary N) is 1. The first-order chi connectivity index (χ1) is 9.41. The molecule has 0 aromatic carbocycles. The molecule has 0 saturated carbocycles. The van der Waals surface area contributed by atoms with Gasteiger partial charge in [0.25, 0.3) is 0 Å². The van der Waals surface area contributed by atoms with Gasteiger partial charge in [-0.05, 0) is 44.5 Å². The molecule has 4 nitrogen and oxygen atoms in total. The quantitative estimate of drug-likeness (QED) is 0.918. The number of anilines is 1. The Hall–Kier alpha value is -1.13. The molecule has 4 heteroatoms. The van der Waals surface area contributed by atoms with Crippen molar-refractivity contribution in [3.8, 4) is 0 Å². The molecule has 0 bridgehead atoms. The van der Waals surface area contributed by atoms with Crippen LogP contribution in [0.3, 0.4) is 0 Å². The maximum atomic E-state index is 5.79. The van der Waals surface area contributed by atoms with E-state index >= 15 is 0 Å². The molecule has 0 spiro atoms. The summed E-state index contributed by atoms with van der Waals surface area (Å²) in [5.74, 6) is 1.53. The Morgan fingerprint density at radius 2 is 2.15 bits per heavy atom. The second-order valence-corrected chi connectivity index (χ2v) is 6.47. The van der Waals surface area contributed by atoms with Gasteiger partial charge in [-0.2, -0.15) is 0 Å². The minimum absolute atomic E-state index is 0.100. The molecule has 1 aromatic rings. The molecule has 2 heterocycles. The van der Waals surface area contributed by atoms with Crippen LogP contribution in [0.2, 0.25) is 0 Å². The van der Waals surface area contributed by atoms with Gasteiger partial charge < -0.3 is 15.0 Å². The third kappa shape index (κ3) is 3.70. The highest BCUT2D eigenvalue weighted by molar-refractivity contribution is 5.44. The summed E-state index contributed by atoms with van der Waals surface area (Å²) in [4.78, 5) is 7.19. The molecule has 1 saturated heterocycles. The van der Waals surface area contributed by atoms with Gasteiger partial charge >= 0.3 is 0 Å². The largest absolute Gasteiger partial charge is 0.372 e. The van der Waals surface area contributed by atoms with Crippen LogP contribution in [-0.4, -0.2) is 37.3 Å². The fourth-order valence-corrected chi connectivity index (χ4v) is 2.57. The fraction of sp³-hybridized carbons (Fsp3) is 0.688. The maximum absolute atomic E-state index is 5.79. The van der Waals surface area contributed by atoms with Crippen LogP contribution in [-0.2, 0) is 11.3 Å². The van der Waals surface area contributed by atoms with E-state index in [0.717, 1.165) is 37.8 Å². The zero-order valence-electron chi connectivity index (χ0n) is 13.4. The highest BCUT2D eigenvalue weighted by atomic mass is 16.5. The molecule has 0 atom stereocenters. The summed E-state index contributed by atoms with van der Waals surface area (Å²) in [5, 5.41) is 3.23. The highest BCUT2D eigenvalue weighted by Gasteiger charge is 2.28. The molecule has 1 aromatic heterocycles. The number of ether oxygens (including phenoxy) is 1. The Labute approximate surface area is 122 Å². The van der Waals surface area contributed by atoms with E-state index in [2.05, 4.69) is 50.0 Å². The Bertz CT molecular complexity index is 457. The van der Waals surface area contributed by atoms with E-state index in [1.807, 2.05) is 7.05 Å². The molecule has 1 N–H and O–H groups in total. The number of nitrogens with zero attached hydrogens (tertiary/aromatic N) is 2. The van der Waals surface area contributed by atoms with E-state index in [-0.39, 0.29) is 5.60 Å². The van der Waals surface area contributed by atoms with Crippen LogP contribution in [0.5, 0.6) is 0 Å². The van der Waals surface area contributed by atoms with Crippen molar-refractivity contribution in [3.63, 3.8) is 0 Å². The van der Waals surface area contributed by atoms with E-state index in [1.54, 1.807) is 0 Å². The van der Waals surface area contributed by atoms with Gasteiger partial charge in [0.1, 0.15) is 5.82 Å². The average Bonchev–Trinajstić information content (AvgIpc) is 2.37. The summed E-state index contributed by atoms with van der Waals surface area (Å²) in [6.07, 6.45) is 0. The van der Waals surface area contributed by atoms with E-state index in [9.17, 15) is 0 Å². The molecular weight excluding hydrogens is 250 g/mol. The van der Waals surface area contributed by atoms with Crippen LogP contribution in [0.1, 0.15) is 44.9 Å². The Kier molecular flexibility index (Phi) is 4.66. The maximum Gasteiger partial charge on any atom is 0.129 e. The SMILES string of the molecule is CNCc1cc(C(C)C)nc(N2CCOC(C)(C)C2)c1. The van der Waals surface area contributed by atoms with Crippen molar-refractivity contribution in [3.05, 3.63) is 23.4 Å². The Morgan fingerprint density at radius 3 is 2.75 bits per heavy atom. The zero-order valence-corrected chi connectivity index (χ0v) is 13.4. The number of rotatable bonds is 4. The van der Waals surface area contributed by atoms with Gasteiger partial charge in [0.15, 0.2) is 0 Å². The monoisotopic (exact) mass is 277 g/mol. The summed E-state index contributed by atoms with van der Waals surface area (Å²) < 4.78 is 5.79. The summed E-state index contributed by atoms with van der Waals surface area (Å²) in [5.41, 5.74) is 2.36. The topological polar surface area (TPSA) is 37.4 Å². The fourth-order valence-electron chi connectivity index (χ4n) is 2.57. The van der Waals surface area contributed by atoms with Crippen LogP contribution in [0.4, 0.5) is 5.82 Å². The standard InChI is InChI=1S/C16H27N3O/c1-12(2)14-8-13(10-17-5)9-15(18-14)19-6-7-20-16(3,4)11-19/h8-9,12,17H,6-7,10-11H2,1-5H3. The predicted molar refractivity (Wildman–Crippen MR) is 83.3 cm³/mol. The van der Waals surface area contributed by atoms with Crippen molar-refractivity contribution in [2.75, 3.05) is 31.6 Å². The normalized spacial score (nSPS) is 18.6. The molecule has 0 unspecified atom stereocenters. The van der Waals surface area contributed by atoms with Crippen LogP contribution >= 0.6 is 0 Å². The molecule has 112 valence electrons. The molecule has 0 amide bonds. The van der Waals surface area contributed by atoms with Crippen molar-refractivity contribution in [2.24, 2.45) is 0 Å². The lowest BCUT2D eigenvalue weighted by Crippen LogP contribution is -2.48. The highest BCUT2D eigenvalue weighted by Crippen LogP contribution is 2.25. The smallest absolute Gasteiger partial charge is 0.129 e. The lowest BCUT2D eigenvalue weighted by atomic mass is 10.1. The molecule has 0 radical (unpaired) electrons. The summed E-state index contributed by atoms with van der Waals surface area (Å²) >= 11 is 0.